The Morgan fingerprint density at radius 3 is 2.50 bits per heavy atom. The summed E-state index contributed by atoms with van der Waals surface area (Å²) in [5.41, 5.74) is 5.81. The molecule has 0 unspecified atom stereocenters. The third-order valence-electron chi connectivity index (χ3n) is 7.50. The number of aryl methyl sites for hydroxylation is 2. The topological polar surface area (TPSA) is 126 Å². The first-order chi connectivity index (χ1) is 20.4. The number of benzene rings is 2. The largest absolute Gasteiger partial charge is 0.520 e. The molecule has 0 radical (unpaired) electrons. The maximum atomic E-state index is 13.1. The van der Waals surface area contributed by atoms with Crippen molar-refractivity contribution >= 4 is 29.1 Å². The molecular weight excluding hydrogens is 532 g/mol. The Labute approximate surface area is 242 Å². The van der Waals surface area contributed by atoms with E-state index >= 15 is 0 Å². The summed E-state index contributed by atoms with van der Waals surface area (Å²) in [6.45, 7) is 5.25. The number of amides is 1. The zero-order valence-corrected chi connectivity index (χ0v) is 23.3. The van der Waals surface area contributed by atoms with Gasteiger partial charge in [0.2, 0.25) is 11.8 Å². The lowest BCUT2D eigenvalue weighted by Crippen LogP contribution is -2.33. The van der Waals surface area contributed by atoms with E-state index in [0.29, 0.717) is 29.1 Å². The molecule has 0 saturated carbocycles. The molecule has 10 heteroatoms. The van der Waals surface area contributed by atoms with Crippen LogP contribution in [-0.2, 0) is 0 Å². The van der Waals surface area contributed by atoms with Gasteiger partial charge >= 0.3 is 5.82 Å². The Hall–Kier alpha value is -5.25. The van der Waals surface area contributed by atoms with Gasteiger partial charge in [0.1, 0.15) is 0 Å². The molecule has 0 atom stereocenters. The third-order valence-corrected chi connectivity index (χ3v) is 7.50. The van der Waals surface area contributed by atoms with Gasteiger partial charge in [-0.1, -0.05) is 18.2 Å². The molecular formula is C32H30N6O4. The van der Waals surface area contributed by atoms with Gasteiger partial charge in [0.15, 0.2) is 5.76 Å². The lowest BCUT2D eigenvalue weighted by Gasteiger charge is -2.31. The molecule has 4 heterocycles. The van der Waals surface area contributed by atoms with Crippen LogP contribution in [0.4, 0.5) is 23.2 Å². The number of hydrogen-bond acceptors (Lipinski definition) is 9. The normalized spacial score (nSPS) is 13.6. The van der Waals surface area contributed by atoms with Gasteiger partial charge in [-0.2, -0.15) is 0 Å². The van der Waals surface area contributed by atoms with Crippen LogP contribution in [0.1, 0.15) is 46.0 Å². The molecule has 1 saturated heterocycles. The van der Waals surface area contributed by atoms with Gasteiger partial charge in [0.05, 0.1) is 5.69 Å². The van der Waals surface area contributed by atoms with E-state index in [0.717, 1.165) is 54.1 Å². The van der Waals surface area contributed by atoms with Crippen molar-refractivity contribution in [2.24, 2.45) is 0 Å². The first-order valence-corrected chi connectivity index (χ1v) is 13.8. The van der Waals surface area contributed by atoms with Crippen molar-refractivity contribution in [2.45, 2.75) is 32.6 Å². The zero-order valence-electron chi connectivity index (χ0n) is 23.3. The average molecular weight is 563 g/mol. The molecule has 2 aromatic carbocycles. The summed E-state index contributed by atoms with van der Waals surface area (Å²) in [4.78, 5) is 39.7. The summed E-state index contributed by atoms with van der Waals surface area (Å²) < 4.78 is 10.2. The molecule has 1 aliphatic heterocycles. The Morgan fingerprint density at radius 2 is 1.79 bits per heavy atom. The van der Waals surface area contributed by atoms with Gasteiger partial charge in [0.25, 0.3) is 5.91 Å². The van der Waals surface area contributed by atoms with Crippen molar-refractivity contribution in [3.05, 3.63) is 112 Å². The summed E-state index contributed by atoms with van der Waals surface area (Å²) in [5.74, 6) is 0.981. The number of pyridine rings is 1. The number of aromatic nitrogens is 3. The molecule has 212 valence electrons. The van der Waals surface area contributed by atoms with E-state index in [2.05, 4.69) is 42.6 Å². The highest BCUT2D eigenvalue weighted by Gasteiger charge is 2.25. The van der Waals surface area contributed by atoms with Crippen LogP contribution in [0, 0.1) is 13.8 Å². The Bertz CT molecular complexity index is 1760. The van der Waals surface area contributed by atoms with Crippen LogP contribution in [0.3, 0.4) is 0 Å². The molecule has 1 amide bonds. The molecule has 3 aromatic heterocycles. The van der Waals surface area contributed by atoms with Crippen LogP contribution in [0.5, 0.6) is 0 Å². The number of carbonyl (C=O) groups is 1. The Morgan fingerprint density at radius 1 is 0.976 bits per heavy atom. The first kappa shape index (κ1) is 26.9. The molecule has 0 aliphatic carbocycles. The first-order valence-electron chi connectivity index (χ1n) is 13.8. The van der Waals surface area contributed by atoms with Crippen molar-refractivity contribution in [2.75, 3.05) is 28.6 Å². The monoisotopic (exact) mass is 562 g/mol. The SMILES string of the molecule is Cc1ccc(C(=O)Nc2ccc(C3CCN(c4oc(=O)oc4C)CC3)cc2)cc1Nc1nccc(-c2cccnc2)n1. The maximum absolute atomic E-state index is 13.1. The fourth-order valence-electron chi connectivity index (χ4n) is 5.20. The van der Waals surface area contributed by atoms with Crippen molar-refractivity contribution in [3.63, 3.8) is 0 Å². The second kappa shape index (κ2) is 11.7. The highest BCUT2D eigenvalue weighted by atomic mass is 16.6. The third kappa shape index (κ3) is 5.92. The summed E-state index contributed by atoms with van der Waals surface area (Å²) >= 11 is 0. The standard InChI is InChI=1S/C32H30N6O4/c1-20-5-6-24(18-28(20)37-31-34-15-11-27(36-31)25-4-3-14-33-19-25)29(39)35-26-9-7-22(8-10-26)23-12-16-38(17-13-23)30-21(2)41-32(40)42-30/h3-11,14-15,18-19,23H,12-13,16-17H2,1-2H3,(H,35,39)(H,34,36,37). The van der Waals surface area contributed by atoms with E-state index in [1.54, 1.807) is 37.6 Å². The molecule has 1 aliphatic rings. The highest BCUT2D eigenvalue weighted by molar-refractivity contribution is 6.05. The summed E-state index contributed by atoms with van der Waals surface area (Å²) in [5, 5.41) is 6.25. The van der Waals surface area contributed by atoms with E-state index in [1.807, 2.05) is 43.3 Å². The molecule has 6 rings (SSSR count). The van der Waals surface area contributed by atoms with Crippen molar-refractivity contribution < 1.29 is 13.6 Å². The summed E-state index contributed by atoms with van der Waals surface area (Å²) in [6, 6.07) is 19.1. The van der Waals surface area contributed by atoms with Crippen LogP contribution >= 0.6 is 0 Å². The summed E-state index contributed by atoms with van der Waals surface area (Å²) in [6.07, 6.45) is 7.01. The molecule has 5 aromatic rings. The van der Waals surface area contributed by atoms with E-state index in [4.69, 9.17) is 8.83 Å². The smallest absolute Gasteiger partial charge is 0.394 e. The molecule has 0 bridgehead atoms. The predicted octanol–water partition coefficient (Wildman–Crippen LogP) is 6.08. The Balaban J connectivity index is 1.09. The number of carbonyl (C=O) groups excluding carboxylic acids is 1. The number of nitrogens with one attached hydrogen (secondary N) is 2. The molecule has 1 fully saturated rings. The van der Waals surface area contributed by atoms with Crippen molar-refractivity contribution in [1.82, 2.24) is 15.0 Å². The minimum atomic E-state index is -0.666. The van der Waals surface area contributed by atoms with Gasteiger partial charge in [-0.05, 0) is 86.2 Å². The van der Waals surface area contributed by atoms with Crippen LogP contribution in [0.25, 0.3) is 11.3 Å². The van der Waals surface area contributed by atoms with E-state index < -0.39 is 5.82 Å². The minimum Gasteiger partial charge on any atom is -0.394 e. The van der Waals surface area contributed by atoms with Crippen molar-refractivity contribution in [1.29, 1.82) is 0 Å². The number of nitrogens with zero attached hydrogens (tertiary/aromatic N) is 4. The second-order valence-corrected chi connectivity index (χ2v) is 10.3. The number of hydrogen-bond donors (Lipinski definition) is 2. The van der Waals surface area contributed by atoms with Crippen LogP contribution in [0.2, 0.25) is 0 Å². The van der Waals surface area contributed by atoms with Crippen LogP contribution in [-0.4, -0.2) is 33.9 Å². The van der Waals surface area contributed by atoms with Gasteiger partial charge in [-0.25, -0.2) is 14.8 Å². The molecule has 10 nitrogen and oxygen atoms in total. The number of piperidine rings is 1. The van der Waals surface area contributed by atoms with Gasteiger partial charge in [0, 0.05) is 54.2 Å². The lowest BCUT2D eigenvalue weighted by atomic mass is 9.89. The second-order valence-electron chi connectivity index (χ2n) is 10.3. The fraction of sp³-hybridized carbons (Fsp3) is 0.219. The average Bonchev–Trinajstić information content (AvgIpc) is 3.36. The van der Waals surface area contributed by atoms with Gasteiger partial charge in [-0.3, -0.25) is 9.78 Å². The van der Waals surface area contributed by atoms with Crippen LogP contribution < -0.4 is 21.4 Å². The van der Waals surface area contributed by atoms with Crippen molar-refractivity contribution in [3.8, 4) is 11.3 Å². The minimum absolute atomic E-state index is 0.207. The van der Waals surface area contributed by atoms with E-state index in [-0.39, 0.29) is 5.91 Å². The van der Waals surface area contributed by atoms with E-state index in [9.17, 15) is 9.59 Å². The number of anilines is 4. The molecule has 2 N–H and O–H groups in total. The molecule has 42 heavy (non-hydrogen) atoms. The van der Waals surface area contributed by atoms with Crippen LogP contribution in [0.15, 0.2) is 92.9 Å². The van der Waals surface area contributed by atoms with E-state index in [1.165, 1.54) is 5.56 Å². The summed E-state index contributed by atoms with van der Waals surface area (Å²) in [7, 11) is 0. The Kier molecular flexibility index (Phi) is 7.50. The maximum Gasteiger partial charge on any atom is 0.520 e. The highest BCUT2D eigenvalue weighted by Crippen LogP contribution is 2.32. The number of rotatable bonds is 7. The zero-order chi connectivity index (χ0) is 29.1. The molecule has 0 spiro atoms. The fourth-order valence-corrected chi connectivity index (χ4v) is 5.20. The van der Waals surface area contributed by atoms with Gasteiger partial charge < -0.3 is 24.4 Å². The quantitative estimate of drug-likeness (QED) is 0.243. The lowest BCUT2D eigenvalue weighted by molar-refractivity contribution is 0.102. The predicted molar refractivity (Wildman–Crippen MR) is 160 cm³/mol. The van der Waals surface area contributed by atoms with Gasteiger partial charge in [-0.15, -0.1) is 0 Å².